The average molecular weight is 900 g/mol. The number of hydrogen-bond acceptors (Lipinski definition) is 9. The van der Waals surface area contributed by atoms with Gasteiger partial charge in [0.2, 0.25) is 0 Å². The van der Waals surface area contributed by atoms with Crippen molar-refractivity contribution < 1.29 is 36.9 Å². The number of hydrogen-bond donors (Lipinski definition) is 0. The van der Waals surface area contributed by atoms with E-state index in [1.54, 1.807) is 29.2 Å². The lowest BCUT2D eigenvalue weighted by Gasteiger charge is -2.40. The topological polar surface area (TPSA) is 89.5 Å². The molecule has 1 amide bonds. The molecule has 64 heavy (non-hydrogen) atoms. The molecule has 0 radical (unpaired) electrons. The Bertz CT molecular complexity index is 2480. The van der Waals surface area contributed by atoms with Gasteiger partial charge in [0, 0.05) is 49.0 Å². The van der Waals surface area contributed by atoms with E-state index in [1.165, 1.54) is 13.2 Å². The Labute approximate surface area is 377 Å². The summed E-state index contributed by atoms with van der Waals surface area (Å²) in [5, 5.41) is 1.56. The zero-order valence-electron chi connectivity index (χ0n) is 39.3. The van der Waals surface area contributed by atoms with Crippen molar-refractivity contribution in [2.75, 3.05) is 45.0 Å². The van der Waals surface area contributed by atoms with Gasteiger partial charge in [-0.3, -0.25) is 4.90 Å². The summed E-state index contributed by atoms with van der Waals surface area (Å²) in [5.74, 6) is 3.13. The number of alkyl halides is 1. The van der Waals surface area contributed by atoms with Crippen LogP contribution in [-0.2, 0) is 9.47 Å². The van der Waals surface area contributed by atoms with Gasteiger partial charge in [0.15, 0.2) is 12.6 Å². The highest BCUT2D eigenvalue weighted by atomic mass is 28.3. The quantitative estimate of drug-likeness (QED) is 0.0829. The normalized spacial score (nSPS) is 23.5. The molecule has 0 saturated carbocycles. The second-order valence-corrected chi connectivity index (χ2v) is 26.0. The molecule has 344 valence electrons. The first-order valence-electron chi connectivity index (χ1n) is 23.0. The molecule has 8 rings (SSSR count). The maximum absolute atomic E-state index is 18.0. The van der Waals surface area contributed by atoms with Crippen molar-refractivity contribution >= 4 is 41.7 Å². The Morgan fingerprint density at radius 1 is 0.984 bits per heavy atom. The van der Waals surface area contributed by atoms with E-state index in [2.05, 4.69) is 62.8 Å². The first kappa shape index (κ1) is 46.0. The maximum Gasteiger partial charge on any atom is 0.410 e. The Balaban J connectivity index is 1.30. The molecule has 4 aliphatic rings. The second kappa shape index (κ2) is 17.3. The number of fused-ring (bicyclic) bond motifs is 5. The van der Waals surface area contributed by atoms with Crippen molar-refractivity contribution in [1.82, 2.24) is 19.8 Å². The Morgan fingerprint density at radius 3 is 2.39 bits per heavy atom. The highest BCUT2D eigenvalue weighted by molar-refractivity contribution is 6.90. The Morgan fingerprint density at radius 2 is 1.72 bits per heavy atom. The van der Waals surface area contributed by atoms with E-state index in [9.17, 15) is 9.18 Å². The van der Waals surface area contributed by atoms with Crippen molar-refractivity contribution in [2.45, 2.75) is 147 Å². The number of benzene rings is 3. The van der Waals surface area contributed by atoms with Gasteiger partial charge in [0.1, 0.15) is 49.4 Å². The molecule has 1 unspecified atom stereocenters. The minimum atomic E-state index is -2.31. The summed E-state index contributed by atoms with van der Waals surface area (Å²) in [6, 6.07) is 9.58. The number of methoxy groups -OCH3 is 1. The number of piperazine rings is 1. The van der Waals surface area contributed by atoms with E-state index in [4.69, 9.17) is 28.9 Å². The number of nitrogens with zero attached hydrogens (tertiary/aromatic N) is 5. The Kier molecular flexibility index (Phi) is 12.4. The molecular weight excluding hydrogens is 836 g/mol. The third kappa shape index (κ3) is 8.08. The zero-order valence-corrected chi connectivity index (χ0v) is 40.3. The second-order valence-electron chi connectivity index (χ2n) is 20.4. The maximum atomic E-state index is 18.0. The molecule has 3 aromatic carbocycles. The fourth-order valence-corrected chi connectivity index (χ4v) is 16.9. The van der Waals surface area contributed by atoms with E-state index in [-0.39, 0.29) is 60.3 Å². The highest BCUT2D eigenvalue weighted by Gasteiger charge is 2.53. The monoisotopic (exact) mass is 899 g/mol. The van der Waals surface area contributed by atoms with E-state index in [1.807, 2.05) is 33.8 Å². The predicted molar refractivity (Wildman–Crippen MR) is 248 cm³/mol. The predicted octanol–water partition coefficient (Wildman–Crippen LogP) is 10.8. The summed E-state index contributed by atoms with van der Waals surface area (Å²) in [7, 11) is -0.792. The van der Waals surface area contributed by atoms with Crippen LogP contribution in [0.25, 0.3) is 32.8 Å². The van der Waals surface area contributed by atoms with Crippen molar-refractivity contribution in [3.05, 3.63) is 53.6 Å². The van der Waals surface area contributed by atoms with Crippen molar-refractivity contribution in [1.29, 1.82) is 0 Å². The van der Waals surface area contributed by atoms with Gasteiger partial charge in [-0.1, -0.05) is 59.6 Å². The van der Waals surface area contributed by atoms with E-state index < -0.39 is 37.0 Å². The number of aromatic nitrogens is 2. The SMILES string of the molecule is COCOc1cc(-c2ccc3c(N4C(C)[C@H]5C[C@@H]4CN5C(=O)OC(C)(C)C)nc(OC[C@@]45CCCN4C[C@H](F)C5)nc3c2F)c2c(C#C[Si](C(C)C)(C(C)C)C(C)C)c(F)ccc2c1. The minimum Gasteiger partial charge on any atom is -0.468 e. The number of rotatable bonds is 11. The van der Waals surface area contributed by atoms with Crippen molar-refractivity contribution in [2.24, 2.45) is 0 Å². The standard InChI is InChI=1S/C50H64F3N5O5Si/c1-29(2)64(30(3)4,31(5)6)20-17-38-41(52)16-13-33-21-36(62-28-60-11)23-40(43(33)38)37-14-15-39-45(44(37)53)54-47(61-27-50-18-12-19-56(50)25-34(51)24-50)55-46(39)58-32(7)42-22-35(58)26-57(42)48(59)63-49(8,9)10/h13-16,21,23,29-32,34-35,42H,12,18-19,22,24-28H2,1-11H3/t32?,34-,35-,42-,50+/m1/s1. The molecule has 2 bridgehead atoms. The molecule has 4 fully saturated rings. The van der Waals surface area contributed by atoms with Crippen LogP contribution in [0.3, 0.4) is 0 Å². The van der Waals surface area contributed by atoms with Crippen LogP contribution in [0.4, 0.5) is 23.8 Å². The first-order valence-corrected chi connectivity index (χ1v) is 25.2. The van der Waals surface area contributed by atoms with E-state index in [0.29, 0.717) is 75.8 Å². The fourth-order valence-electron chi connectivity index (χ4n) is 11.7. The molecule has 10 nitrogen and oxygen atoms in total. The minimum absolute atomic E-state index is 0.0157. The summed E-state index contributed by atoms with van der Waals surface area (Å²) in [6.07, 6.45) is 1.43. The van der Waals surface area contributed by atoms with Gasteiger partial charge < -0.3 is 28.7 Å². The van der Waals surface area contributed by atoms with Gasteiger partial charge in [-0.05, 0) is 105 Å². The van der Waals surface area contributed by atoms with Gasteiger partial charge in [-0.25, -0.2) is 18.0 Å². The number of amides is 1. The third-order valence-corrected chi connectivity index (χ3v) is 20.8. The van der Waals surface area contributed by atoms with Gasteiger partial charge in [0.05, 0.1) is 23.2 Å². The van der Waals surface area contributed by atoms with Gasteiger partial charge >= 0.3 is 12.1 Å². The smallest absolute Gasteiger partial charge is 0.410 e. The molecule has 14 heteroatoms. The first-order chi connectivity index (χ1) is 30.3. The molecule has 0 spiro atoms. The third-order valence-electron chi connectivity index (χ3n) is 14.5. The summed E-state index contributed by atoms with van der Waals surface area (Å²) in [5.41, 5.74) is 4.29. The largest absolute Gasteiger partial charge is 0.468 e. The number of likely N-dealkylation sites (tertiary alicyclic amines) is 1. The fraction of sp³-hybridized carbons (Fsp3) is 0.580. The van der Waals surface area contributed by atoms with Crippen LogP contribution >= 0.6 is 0 Å². The highest BCUT2D eigenvalue weighted by Crippen LogP contribution is 2.46. The molecule has 4 aliphatic heterocycles. The van der Waals surface area contributed by atoms with E-state index >= 15 is 8.78 Å². The summed E-state index contributed by atoms with van der Waals surface area (Å²) in [4.78, 5) is 29.3. The number of carbonyl (C=O) groups is 1. The molecule has 0 aliphatic carbocycles. The molecule has 4 saturated heterocycles. The zero-order chi connectivity index (χ0) is 46.0. The molecule has 5 heterocycles. The van der Waals surface area contributed by atoms with Crippen LogP contribution in [-0.4, -0.2) is 110 Å². The van der Waals surface area contributed by atoms with Crippen molar-refractivity contribution in [3.63, 3.8) is 0 Å². The van der Waals surface area contributed by atoms with Crippen LogP contribution in [0.2, 0.25) is 16.6 Å². The number of carbonyl (C=O) groups excluding carboxylic acids is 1. The lowest BCUT2D eigenvalue weighted by Crippen LogP contribution is -2.55. The van der Waals surface area contributed by atoms with Crippen LogP contribution in [0.15, 0.2) is 36.4 Å². The lowest BCUT2D eigenvalue weighted by atomic mass is 9.93. The number of ether oxygens (including phenoxy) is 4. The Hall–Kier alpha value is -4.58. The summed E-state index contributed by atoms with van der Waals surface area (Å²) < 4.78 is 72.7. The summed E-state index contributed by atoms with van der Waals surface area (Å²) in [6.45, 7) is 22.5. The van der Waals surface area contributed by atoms with Gasteiger partial charge in [0.25, 0.3) is 0 Å². The van der Waals surface area contributed by atoms with Crippen LogP contribution in [0.5, 0.6) is 11.8 Å². The van der Waals surface area contributed by atoms with E-state index in [0.717, 1.165) is 19.4 Å². The molecule has 1 aromatic heterocycles. The molecular formula is C50H64F3N5O5Si. The molecule has 5 atom stereocenters. The number of anilines is 1. The van der Waals surface area contributed by atoms with Crippen LogP contribution < -0.4 is 14.4 Å². The van der Waals surface area contributed by atoms with Crippen LogP contribution in [0, 0.1) is 23.1 Å². The lowest BCUT2D eigenvalue weighted by molar-refractivity contribution is 0.0187. The molecule has 4 aromatic rings. The average Bonchev–Trinajstić information content (AvgIpc) is 3.98. The van der Waals surface area contributed by atoms with Gasteiger partial charge in [-0.15, -0.1) is 5.54 Å². The molecule has 0 N–H and O–H groups in total. The van der Waals surface area contributed by atoms with Gasteiger partial charge in [-0.2, -0.15) is 9.97 Å². The van der Waals surface area contributed by atoms with Crippen molar-refractivity contribution in [3.8, 4) is 34.4 Å². The van der Waals surface area contributed by atoms with Crippen LogP contribution in [0.1, 0.15) is 100 Å². The number of halogens is 3. The summed E-state index contributed by atoms with van der Waals surface area (Å²) >= 11 is 0.